The Kier molecular flexibility index (Phi) is 3.56. The highest BCUT2D eigenvalue weighted by Crippen LogP contribution is 2.41. The van der Waals surface area contributed by atoms with Gasteiger partial charge in [-0.05, 0) is 12.0 Å². The Morgan fingerprint density at radius 2 is 2.11 bits per heavy atom. The largest absolute Gasteiger partial charge is 0.355 e. The number of rotatable bonds is 4. The first-order valence-electron chi connectivity index (χ1n) is 7.29. The summed E-state index contributed by atoms with van der Waals surface area (Å²) in [5, 5.41) is 0. The lowest BCUT2D eigenvalue weighted by Gasteiger charge is -2.23. The molecule has 102 valence electrons. The summed E-state index contributed by atoms with van der Waals surface area (Å²) in [6, 6.07) is 10.3. The van der Waals surface area contributed by atoms with Crippen molar-refractivity contribution in [3.05, 3.63) is 35.9 Å². The zero-order valence-corrected chi connectivity index (χ0v) is 11.4. The highest BCUT2D eigenvalue weighted by atomic mass is 16.5. The van der Waals surface area contributed by atoms with Gasteiger partial charge in [0.2, 0.25) is 5.91 Å². The number of unbranched alkanes of at least 4 members (excludes halogenated alkanes) is 1. The lowest BCUT2D eigenvalue weighted by molar-refractivity contribution is -0.131. The number of carbonyl (C=O) groups is 1. The molecule has 0 N–H and O–H groups in total. The van der Waals surface area contributed by atoms with Crippen LogP contribution in [0.1, 0.15) is 44.2 Å². The summed E-state index contributed by atoms with van der Waals surface area (Å²) in [4.78, 5) is 14.2. The van der Waals surface area contributed by atoms with Crippen molar-refractivity contribution in [2.75, 3.05) is 6.61 Å². The van der Waals surface area contributed by atoms with Crippen LogP contribution >= 0.6 is 0 Å². The molecule has 0 bridgehead atoms. The first-order chi connectivity index (χ1) is 9.31. The number of ether oxygens (including phenoxy) is 1. The fourth-order valence-corrected chi connectivity index (χ4v) is 3.28. The van der Waals surface area contributed by atoms with E-state index >= 15 is 0 Å². The van der Waals surface area contributed by atoms with Crippen LogP contribution in [0.15, 0.2) is 30.3 Å². The molecule has 2 aliphatic rings. The van der Waals surface area contributed by atoms with Crippen molar-refractivity contribution in [3.63, 3.8) is 0 Å². The van der Waals surface area contributed by atoms with E-state index in [9.17, 15) is 4.79 Å². The lowest BCUT2D eigenvalue weighted by atomic mass is 10.00. The van der Waals surface area contributed by atoms with Gasteiger partial charge in [-0.15, -0.1) is 0 Å². The van der Waals surface area contributed by atoms with Gasteiger partial charge in [0.05, 0.1) is 12.6 Å². The third kappa shape index (κ3) is 2.27. The van der Waals surface area contributed by atoms with Crippen LogP contribution in [0, 0.1) is 5.92 Å². The molecule has 0 aliphatic carbocycles. The van der Waals surface area contributed by atoms with E-state index < -0.39 is 0 Å². The van der Waals surface area contributed by atoms with Gasteiger partial charge in [-0.25, -0.2) is 0 Å². The smallest absolute Gasteiger partial charge is 0.225 e. The zero-order chi connectivity index (χ0) is 13.2. The van der Waals surface area contributed by atoms with E-state index in [0.29, 0.717) is 18.9 Å². The van der Waals surface area contributed by atoms with E-state index in [1.54, 1.807) is 0 Å². The third-order valence-electron chi connectivity index (χ3n) is 4.28. The summed E-state index contributed by atoms with van der Waals surface area (Å²) in [7, 11) is 0. The first-order valence-corrected chi connectivity index (χ1v) is 7.29. The molecule has 2 aliphatic heterocycles. The minimum Gasteiger partial charge on any atom is -0.355 e. The van der Waals surface area contributed by atoms with Crippen LogP contribution < -0.4 is 0 Å². The molecule has 19 heavy (non-hydrogen) atoms. The molecule has 0 spiro atoms. The van der Waals surface area contributed by atoms with E-state index in [4.69, 9.17) is 4.74 Å². The summed E-state index contributed by atoms with van der Waals surface area (Å²) in [5.74, 6) is 0.651. The SMILES string of the molecule is CCCC[C@H]1CC(=O)N2[C@@H](c3ccccc3)CO[C@H]12. The molecule has 2 heterocycles. The molecule has 1 aromatic carbocycles. The van der Waals surface area contributed by atoms with E-state index in [1.165, 1.54) is 18.4 Å². The second kappa shape index (κ2) is 5.33. The molecule has 0 saturated carbocycles. The van der Waals surface area contributed by atoms with Gasteiger partial charge in [0.15, 0.2) is 0 Å². The van der Waals surface area contributed by atoms with Crippen LogP contribution in [0.5, 0.6) is 0 Å². The van der Waals surface area contributed by atoms with Gasteiger partial charge in [0.25, 0.3) is 0 Å². The van der Waals surface area contributed by atoms with E-state index in [2.05, 4.69) is 19.1 Å². The maximum Gasteiger partial charge on any atom is 0.225 e. The van der Waals surface area contributed by atoms with E-state index in [1.807, 2.05) is 23.1 Å². The maximum absolute atomic E-state index is 12.3. The number of hydrogen-bond donors (Lipinski definition) is 0. The van der Waals surface area contributed by atoms with Gasteiger partial charge in [0.1, 0.15) is 6.23 Å². The van der Waals surface area contributed by atoms with E-state index in [-0.39, 0.29) is 18.2 Å². The third-order valence-corrected chi connectivity index (χ3v) is 4.28. The van der Waals surface area contributed by atoms with Crippen molar-refractivity contribution < 1.29 is 9.53 Å². The Labute approximate surface area is 114 Å². The molecule has 3 atom stereocenters. The normalized spacial score (nSPS) is 29.8. The molecule has 3 rings (SSSR count). The summed E-state index contributed by atoms with van der Waals surface area (Å²) < 4.78 is 5.93. The van der Waals surface area contributed by atoms with Gasteiger partial charge < -0.3 is 9.64 Å². The number of hydrogen-bond acceptors (Lipinski definition) is 2. The van der Waals surface area contributed by atoms with Crippen LogP contribution in [-0.4, -0.2) is 23.6 Å². The first kappa shape index (κ1) is 12.7. The lowest BCUT2D eigenvalue weighted by Crippen LogP contribution is -2.32. The maximum atomic E-state index is 12.3. The molecule has 2 saturated heterocycles. The zero-order valence-electron chi connectivity index (χ0n) is 11.4. The van der Waals surface area contributed by atoms with Crippen LogP contribution in [0.25, 0.3) is 0 Å². The monoisotopic (exact) mass is 259 g/mol. The quantitative estimate of drug-likeness (QED) is 0.831. The van der Waals surface area contributed by atoms with Crippen molar-refractivity contribution in [1.82, 2.24) is 4.90 Å². The van der Waals surface area contributed by atoms with Crippen LogP contribution in [0.2, 0.25) is 0 Å². The summed E-state index contributed by atoms with van der Waals surface area (Å²) in [5.41, 5.74) is 1.19. The second-order valence-electron chi connectivity index (χ2n) is 5.56. The van der Waals surface area contributed by atoms with Crippen LogP contribution in [-0.2, 0) is 9.53 Å². The Morgan fingerprint density at radius 3 is 2.84 bits per heavy atom. The van der Waals surface area contributed by atoms with Crippen molar-refractivity contribution in [3.8, 4) is 0 Å². The molecule has 3 nitrogen and oxygen atoms in total. The van der Waals surface area contributed by atoms with Crippen molar-refractivity contribution in [2.45, 2.75) is 44.9 Å². The highest BCUT2D eigenvalue weighted by molar-refractivity contribution is 5.80. The van der Waals surface area contributed by atoms with Gasteiger partial charge >= 0.3 is 0 Å². The minimum absolute atomic E-state index is 0.0178. The molecule has 1 aromatic rings. The second-order valence-corrected chi connectivity index (χ2v) is 5.56. The summed E-state index contributed by atoms with van der Waals surface area (Å²) >= 11 is 0. The topological polar surface area (TPSA) is 29.5 Å². The standard InChI is InChI=1S/C16H21NO2/c1-2-3-7-13-10-15(18)17-14(11-19-16(13)17)12-8-5-4-6-9-12/h4-6,8-9,13-14,16H,2-3,7,10-11H2,1H3/t13-,14+,16+/m0/s1. The molecule has 0 unspecified atom stereocenters. The number of benzene rings is 1. The van der Waals surface area contributed by atoms with Gasteiger partial charge in [-0.2, -0.15) is 0 Å². The van der Waals surface area contributed by atoms with Crippen LogP contribution in [0.4, 0.5) is 0 Å². The van der Waals surface area contributed by atoms with Crippen molar-refractivity contribution in [1.29, 1.82) is 0 Å². The molecule has 0 aromatic heterocycles. The predicted molar refractivity (Wildman–Crippen MR) is 73.4 cm³/mol. The predicted octanol–water partition coefficient (Wildman–Crippen LogP) is 3.12. The van der Waals surface area contributed by atoms with Gasteiger partial charge in [-0.1, -0.05) is 50.1 Å². The van der Waals surface area contributed by atoms with Crippen LogP contribution in [0.3, 0.4) is 0 Å². The average molecular weight is 259 g/mol. The minimum atomic E-state index is 0.0178. The molecular formula is C16H21NO2. The number of fused-ring (bicyclic) bond motifs is 1. The van der Waals surface area contributed by atoms with Crippen molar-refractivity contribution in [2.24, 2.45) is 5.92 Å². The molecule has 2 fully saturated rings. The number of nitrogens with zero attached hydrogens (tertiary/aromatic N) is 1. The Morgan fingerprint density at radius 1 is 1.32 bits per heavy atom. The molecule has 0 radical (unpaired) electrons. The molecular weight excluding hydrogens is 238 g/mol. The van der Waals surface area contributed by atoms with Gasteiger partial charge in [0, 0.05) is 12.3 Å². The fourth-order valence-electron chi connectivity index (χ4n) is 3.28. The Hall–Kier alpha value is -1.35. The molecule has 1 amide bonds. The average Bonchev–Trinajstić information content (AvgIpc) is 3.00. The number of carbonyl (C=O) groups excluding carboxylic acids is 1. The van der Waals surface area contributed by atoms with Gasteiger partial charge in [-0.3, -0.25) is 4.79 Å². The molecule has 3 heteroatoms. The Bertz CT molecular complexity index is 445. The van der Waals surface area contributed by atoms with Crippen molar-refractivity contribution >= 4 is 5.91 Å². The number of amides is 1. The fraction of sp³-hybridized carbons (Fsp3) is 0.562. The highest BCUT2D eigenvalue weighted by Gasteiger charge is 2.48. The van der Waals surface area contributed by atoms with E-state index in [0.717, 1.165) is 6.42 Å². The summed E-state index contributed by atoms with van der Waals surface area (Å²) in [6.45, 7) is 2.83. The summed E-state index contributed by atoms with van der Waals surface area (Å²) in [6.07, 6.45) is 4.14. The Balaban J connectivity index is 1.77.